The highest BCUT2D eigenvalue weighted by Crippen LogP contribution is 2.35. The van der Waals surface area contributed by atoms with Gasteiger partial charge in [-0.1, -0.05) is 23.7 Å². The number of carbonyl (C=O) groups excluding carboxylic acids is 1. The molecule has 1 amide bonds. The zero-order chi connectivity index (χ0) is 15.0. The van der Waals surface area contributed by atoms with E-state index in [9.17, 15) is 14.9 Å². The molecular weight excluding hydrogens is 296 g/mol. The first kappa shape index (κ1) is 13.3. The molecule has 0 fully saturated rings. The van der Waals surface area contributed by atoms with Crippen LogP contribution < -0.4 is 4.74 Å². The van der Waals surface area contributed by atoms with Crippen LogP contribution in [0.2, 0.25) is 5.02 Å². The molecule has 0 bridgehead atoms. The van der Waals surface area contributed by atoms with Crippen molar-refractivity contribution in [3.8, 4) is 11.5 Å². The minimum atomic E-state index is -0.548. The van der Waals surface area contributed by atoms with Gasteiger partial charge in [-0.25, -0.2) is 4.99 Å². The minimum Gasteiger partial charge on any atom is -0.455 e. The fourth-order valence-corrected chi connectivity index (χ4v) is 2.18. The summed E-state index contributed by atoms with van der Waals surface area (Å²) in [5, 5.41) is 10.8. The molecule has 0 aromatic heterocycles. The average Bonchev–Trinajstić information content (AvgIpc) is 2.83. The van der Waals surface area contributed by atoms with Crippen LogP contribution in [0.3, 0.4) is 0 Å². The zero-order valence-electron chi connectivity index (χ0n) is 10.4. The van der Waals surface area contributed by atoms with Crippen molar-refractivity contribution in [3.63, 3.8) is 0 Å². The molecular formula is C14H7ClN2O4. The van der Waals surface area contributed by atoms with Gasteiger partial charge in [0.25, 0.3) is 11.6 Å². The maximum atomic E-state index is 11.7. The Morgan fingerprint density at radius 2 is 2.00 bits per heavy atom. The quantitative estimate of drug-likeness (QED) is 0.640. The number of hydrogen-bond acceptors (Lipinski definition) is 4. The van der Waals surface area contributed by atoms with E-state index in [1.54, 1.807) is 18.2 Å². The molecule has 0 aliphatic carbocycles. The molecule has 0 radical (unpaired) electrons. The van der Waals surface area contributed by atoms with E-state index in [2.05, 4.69) is 4.99 Å². The van der Waals surface area contributed by atoms with E-state index >= 15 is 0 Å². The monoisotopic (exact) mass is 302 g/mol. The van der Waals surface area contributed by atoms with Crippen LogP contribution in [0.5, 0.6) is 11.5 Å². The van der Waals surface area contributed by atoms with Gasteiger partial charge in [0.15, 0.2) is 0 Å². The summed E-state index contributed by atoms with van der Waals surface area (Å²) in [5.41, 5.74) is 0.882. The van der Waals surface area contributed by atoms with E-state index < -0.39 is 10.8 Å². The van der Waals surface area contributed by atoms with E-state index in [0.717, 1.165) is 0 Å². The summed E-state index contributed by atoms with van der Waals surface area (Å²) in [4.78, 5) is 25.5. The van der Waals surface area contributed by atoms with E-state index in [0.29, 0.717) is 16.9 Å². The molecule has 1 aliphatic rings. The maximum absolute atomic E-state index is 11.7. The third kappa shape index (κ3) is 2.36. The Bertz CT molecular complexity index is 802. The Kier molecular flexibility index (Phi) is 3.15. The van der Waals surface area contributed by atoms with E-state index in [1.807, 2.05) is 0 Å². The van der Waals surface area contributed by atoms with Crippen LogP contribution in [0.1, 0.15) is 15.9 Å². The van der Waals surface area contributed by atoms with Crippen molar-refractivity contribution in [2.75, 3.05) is 0 Å². The Balaban J connectivity index is 1.97. The summed E-state index contributed by atoms with van der Waals surface area (Å²) in [6.45, 7) is 0. The van der Waals surface area contributed by atoms with Crippen molar-refractivity contribution in [2.24, 2.45) is 4.99 Å². The Labute approximate surface area is 123 Å². The van der Waals surface area contributed by atoms with Crippen molar-refractivity contribution < 1.29 is 14.5 Å². The number of hydrogen-bond donors (Lipinski definition) is 0. The lowest BCUT2D eigenvalue weighted by molar-refractivity contribution is -0.384. The Morgan fingerprint density at radius 3 is 2.71 bits per heavy atom. The molecule has 0 spiro atoms. The number of nitro groups is 1. The Hall–Kier alpha value is -2.73. The second-order valence-electron chi connectivity index (χ2n) is 4.26. The normalized spacial score (nSPS) is 12.3. The van der Waals surface area contributed by atoms with Gasteiger partial charge in [-0.05, 0) is 12.1 Å². The average molecular weight is 303 g/mol. The predicted octanol–water partition coefficient (Wildman–Crippen LogP) is 3.61. The predicted molar refractivity (Wildman–Crippen MR) is 76.5 cm³/mol. The van der Waals surface area contributed by atoms with Gasteiger partial charge in [-0.3, -0.25) is 14.9 Å². The molecule has 0 unspecified atom stereocenters. The second-order valence-corrected chi connectivity index (χ2v) is 4.66. The lowest BCUT2D eigenvalue weighted by atomic mass is 10.1. The first-order valence-electron chi connectivity index (χ1n) is 5.89. The number of nitrogens with zero attached hydrogens (tertiary/aromatic N) is 2. The van der Waals surface area contributed by atoms with Crippen LogP contribution >= 0.6 is 11.6 Å². The first-order chi connectivity index (χ1) is 10.1. The number of fused-ring (bicyclic) bond motifs is 1. The molecule has 7 heteroatoms. The van der Waals surface area contributed by atoms with Gasteiger partial charge in [-0.15, -0.1) is 0 Å². The van der Waals surface area contributed by atoms with Crippen molar-refractivity contribution >= 4 is 29.4 Å². The lowest BCUT2D eigenvalue weighted by Gasteiger charge is -2.10. The number of rotatable bonds is 3. The molecule has 1 heterocycles. The summed E-state index contributed by atoms with van der Waals surface area (Å²) < 4.78 is 5.60. The molecule has 21 heavy (non-hydrogen) atoms. The number of carbonyl (C=O) groups is 1. The molecule has 104 valence electrons. The number of nitro benzene ring substituents is 1. The van der Waals surface area contributed by atoms with E-state index in [4.69, 9.17) is 16.3 Å². The molecule has 3 rings (SSSR count). The lowest BCUT2D eigenvalue weighted by Crippen LogP contribution is -1.97. The summed E-state index contributed by atoms with van der Waals surface area (Å²) >= 11 is 5.97. The smallest absolute Gasteiger partial charge is 0.281 e. The standard InChI is InChI=1S/C14H7ClN2O4/c15-10-6-9(17(19)20)4-5-11(10)21-12-3-1-2-8-7-16-14(18)13(8)12/h1-7H. The number of ether oxygens (including phenoxy) is 1. The highest BCUT2D eigenvalue weighted by atomic mass is 35.5. The van der Waals surface area contributed by atoms with Gasteiger partial charge in [0.05, 0.1) is 15.5 Å². The fraction of sp³-hybridized carbons (Fsp3) is 0. The van der Waals surface area contributed by atoms with Gasteiger partial charge in [0.1, 0.15) is 11.5 Å². The zero-order valence-corrected chi connectivity index (χ0v) is 11.2. The van der Waals surface area contributed by atoms with Crippen LogP contribution in [0.25, 0.3) is 0 Å². The highest BCUT2D eigenvalue weighted by molar-refractivity contribution is 6.32. The van der Waals surface area contributed by atoms with Crippen LogP contribution in [-0.4, -0.2) is 17.0 Å². The van der Waals surface area contributed by atoms with Crippen molar-refractivity contribution in [1.82, 2.24) is 0 Å². The van der Waals surface area contributed by atoms with Crippen LogP contribution in [-0.2, 0) is 0 Å². The topological polar surface area (TPSA) is 81.8 Å². The molecule has 0 saturated heterocycles. The molecule has 2 aromatic rings. The first-order valence-corrected chi connectivity index (χ1v) is 6.27. The SMILES string of the molecule is O=C1N=Cc2cccc(Oc3ccc([N+](=O)[O-])cc3Cl)c21. The largest absolute Gasteiger partial charge is 0.455 e. The van der Waals surface area contributed by atoms with Crippen LogP contribution in [0, 0.1) is 10.1 Å². The minimum absolute atomic E-state index is 0.0909. The summed E-state index contributed by atoms with van der Waals surface area (Å²) in [6, 6.07) is 8.94. The number of amides is 1. The summed E-state index contributed by atoms with van der Waals surface area (Å²) in [7, 11) is 0. The van der Waals surface area contributed by atoms with Crippen LogP contribution in [0.15, 0.2) is 41.4 Å². The van der Waals surface area contributed by atoms with Crippen molar-refractivity contribution in [2.45, 2.75) is 0 Å². The summed E-state index contributed by atoms with van der Waals surface area (Å²) in [5.74, 6) is 0.153. The molecule has 2 aromatic carbocycles. The van der Waals surface area contributed by atoms with Crippen molar-refractivity contribution in [1.29, 1.82) is 0 Å². The number of aliphatic imine (C=N–C) groups is 1. The highest BCUT2D eigenvalue weighted by Gasteiger charge is 2.21. The van der Waals surface area contributed by atoms with Gasteiger partial charge < -0.3 is 4.74 Å². The number of benzene rings is 2. The summed E-state index contributed by atoms with van der Waals surface area (Å²) in [6.07, 6.45) is 1.46. The van der Waals surface area contributed by atoms with Crippen LogP contribution in [0.4, 0.5) is 5.69 Å². The molecule has 1 aliphatic heterocycles. The van der Waals surface area contributed by atoms with E-state index in [1.165, 1.54) is 24.4 Å². The second kappa shape index (κ2) is 4.99. The number of halogens is 1. The molecule has 0 saturated carbocycles. The van der Waals surface area contributed by atoms with Gasteiger partial charge >= 0.3 is 0 Å². The fourth-order valence-electron chi connectivity index (χ4n) is 1.97. The van der Waals surface area contributed by atoms with Crippen molar-refractivity contribution in [3.05, 3.63) is 62.7 Å². The van der Waals surface area contributed by atoms with Gasteiger partial charge in [0.2, 0.25) is 0 Å². The molecule has 0 atom stereocenters. The third-order valence-corrected chi connectivity index (χ3v) is 3.23. The van der Waals surface area contributed by atoms with Gasteiger partial charge in [0, 0.05) is 23.9 Å². The molecule has 0 N–H and O–H groups in total. The third-order valence-electron chi connectivity index (χ3n) is 2.94. The Morgan fingerprint density at radius 1 is 1.19 bits per heavy atom. The maximum Gasteiger partial charge on any atom is 0.281 e. The van der Waals surface area contributed by atoms with Gasteiger partial charge in [-0.2, -0.15) is 0 Å². The number of non-ortho nitro benzene ring substituents is 1. The molecule has 6 nitrogen and oxygen atoms in total. The van der Waals surface area contributed by atoms with E-state index in [-0.39, 0.29) is 16.5 Å².